The van der Waals surface area contributed by atoms with Gasteiger partial charge in [-0.1, -0.05) is 24.3 Å². The van der Waals surface area contributed by atoms with Crippen LogP contribution in [0.2, 0.25) is 0 Å². The van der Waals surface area contributed by atoms with Crippen molar-refractivity contribution in [3.8, 4) is 11.8 Å². The van der Waals surface area contributed by atoms with Crippen LogP contribution in [0, 0.1) is 17.8 Å². The van der Waals surface area contributed by atoms with Crippen LogP contribution in [0.1, 0.15) is 20.3 Å². The van der Waals surface area contributed by atoms with E-state index in [0.717, 1.165) is 12.0 Å². The van der Waals surface area contributed by atoms with E-state index in [0.29, 0.717) is 6.33 Å². The van der Waals surface area contributed by atoms with Crippen LogP contribution in [-0.4, -0.2) is 0 Å². The molecule has 0 aliphatic rings. The summed E-state index contributed by atoms with van der Waals surface area (Å²) in [4.78, 5) is 0. The van der Waals surface area contributed by atoms with Crippen LogP contribution in [0.15, 0.2) is 24.6 Å². The summed E-state index contributed by atoms with van der Waals surface area (Å²) in [6.45, 7) is 7.72. The lowest BCUT2D eigenvalue weighted by molar-refractivity contribution is 0.721. The second-order valence-corrected chi connectivity index (χ2v) is 2.64. The van der Waals surface area contributed by atoms with Crippen LogP contribution in [0.4, 0.5) is 4.39 Å². The summed E-state index contributed by atoms with van der Waals surface area (Å²) in [5.74, 6) is 5.74. The Balaban J connectivity index is 3.79. The van der Waals surface area contributed by atoms with Crippen molar-refractivity contribution in [3.05, 3.63) is 24.6 Å². The summed E-state index contributed by atoms with van der Waals surface area (Å²) in [7, 11) is 0. The highest BCUT2D eigenvalue weighted by Crippen LogP contribution is 2.06. The Morgan fingerprint density at radius 1 is 1.73 bits per heavy atom. The maximum Gasteiger partial charge on any atom is 0.0950 e. The van der Waals surface area contributed by atoms with Gasteiger partial charge >= 0.3 is 0 Å². The van der Waals surface area contributed by atoms with Crippen LogP contribution in [-0.2, 0) is 0 Å². The zero-order valence-electron chi connectivity index (χ0n) is 7.02. The molecule has 0 amide bonds. The minimum absolute atomic E-state index is 0.267. The molecule has 0 aromatic carbocycles. The van der Waals surface area contributed by atoms with Gasteiger partial charge in [0.05, 0.1) is 6.33 Å². The molecule has 0 radical (unpaired) electrons. The van der Waals surface area contributed by atoms with Crippen molar-refractivity contribution in [3.63, 3.8) is 0 Å². The molecule has 0 saturated heterocycles. The molecule has 11 heavy (non-hydrogen) atoms. The molecule has 0 heterocycles. The molecule has 0 nitrogen and oxygen atoms in total. The zero-order valence-corrected chi connectivity index (χ0v) is 7.02. The van der Waals surface area contributed by atoms with E-state index in [4.69, 9.17) is 0 Å². The van der Waals surface area contributed by atoms with Gasteiger partial charge in [-0.25, -0.2) is 4.39 Å². The van der Waals surface area contributed by atoms with Crippen molar-refractivity contribution in [2.45, 2.75) is 20.3 Å². The molecule has 0 saturated carbocycles. The fourth-order valence-electron chi connectivity index (χ4n) is 0.796. The molecule has 0 bridgehead atoms. The fourth-order valence-corrected chi connectivity index (χ4v) is 0.796. The molecule has 0 rings (SSSR count). The first kappa shape index (κ1) is 9.97. The summed E-state index contributed by atoms with van der Waals surface area (Å²) < 4.78 is 11.4. The number of halogens is 1. The first-order valence-corrected chi connectivity index (χ1v) is 3.57. The van der Waals surface area contributed by atoms with Crippen molar-refractivity contribution >= 4 is 0 Å². The SMILES string of the molecule is C=C(C)CC(C)C#C/C=C/F. The van der Waals surface area contributed by atoms with Gasteiger partial charge in [-0.05, 0) is 13.3 Å². The Morgan fingerprint density at radius 3 is 2.82 bits per heavy atom. The molecule has 0 aromatic heterocycles. The minimum atomic E-state index is 0.267. The lowest BCUT2D eigenvalue weighted by atomic mass is 10.0. The van der Waals surface area contributed by atoms with Crippen LogP contribution < -0.4 is 0 Å². The van der Waals surface area contributed by atoms with E-state index in [2.05, 4.69) is 18.4 Å². The Hall–Kier alpha value is -1.03. The molecule has 0 aliphatic heterocycles. The van der Waals surface area contributed by atoms with Crippen molar-refractivity contribution in [2.24, 2.45) is 5.92 Å². The normalized spacial score (nSPS) is 12.3. The lowest BCUT2D eigenvalue weighted by Gasteiger charge is -2.00. The molecular formula is C10H13F. The summed E-state index contributed by atoms with van der Waals surface area (Å²) >= 11 is 0. The van der Waals surface area contributed by atoms with E-state index in [1.807, 2.05) is 13.8 Å². The maximum atomic E-state index is 11.4. The van der Waals surface area contributed by atoms with E-state index in [-0.39, 0.29) is 5.92 Å². The van der Waals surface area contributed by atoms with Gasteiger partial charge in [0, 0.05) is 12.0 Å². The molecule has 0 N–H and O–H groups in total. The average molecular weight is 152 g/mol. The van der Waals surface area contributed by atoms with Gasteiger partial charge in [-0.15, -0.1) is 6.58 Å². The van der Waals surface area contributed by atoms with Gasteiger partial charge in [0.25, 0.3) is 0 Å². The van der Waals surface area contributed by atoms with Crippen LogP contribution in [0.25, 0.3) is 0 Å². The number of hydrogen-bond donors (Lipinski definition) is 0. The number of rotatable bonds is 2. The molecule has 1 unspecified atom stereocenters. The first-order chi connectivity index (χ1) is 5.16. The predicted octanol–water partition coefficient (Wildman–Crippen LogP) is 3.08. The molecule has 60 valence electrons. The van der Waals surface area contributed by atoms with E-state index < -0.39 is 0 Å². The monoisotopic (exact) mass is 152 g/mol. The third-order valence-corrected chi connectivity index (χ3v) is 1.13. The van der Waals surface area contributed by atoms with Gasteiger partial charge in [-0.3, -0.25) is 0 Å². The predicted molar refractivity (Wildman–Crippen MR) is 46.6 cm³/mol. The average Bonchev–Trinajstić information content (AvgIpc) is 1.86. The summed E-state index contributed by atoms with van der Waals surface area (Å²) in [6, 6.07) is 0. The molecular weight excluding hydrogens is 139 g/mol. The highest BCUT2D eigenvalue weighted by Gasteiger charge is 1.94. The number of allylic oxidation sites excluding steroid dienone is 2. The smallest absolute Gasteiger partial charge is 0.0950 e. The van der Waals surface area contributed by atoms with Crippen molar-refractivity contribution in [1.29, 1.82) is 0 Å². The fraction of sp³-hybridized carbons (Fsp3) is 0.400. The molecule has 1 atom stereocenters. The van der Waals surface area contributed by atoms with Gasteiger partial charge in [0.2, 0.25) is 0 Å². The summed E-state index contributed by atoms with van der Waals surface area (Å²) in [5, 5.41) is 0. The van der Waals surface area contributed by atoms with Gasteiger partial charge < -0.3 is 0 Å². The Bertz CT molecular complexity index is 203. The van der Waals surface area contributed by atoms with Crippen molar-refractivity contribution in [1.82, 2.24) is 0 Å². The largest absolute Gasteiger partial charge is 0.215 e. The Kier molecular flexibility index (Phi) is 5.20. The molecule has 0 spiro atoms. The summed E-state index contributed by atoms with van der Waals surface area (Å²) in [5.41, 5.74) is 1.11. The topological polar surface area (TPSA) is 0 Å². The van der Waals surface area contributed by atoms with E-state index >= 15 is 0 Å². The van der Waals surface area contributed by atoms with Crippen LogP contribution in [0.3, 0.4) is 0 Å². The lowest BCUT2D eigenvalue weighted by Crippen LogP contribution is -1.89. The van der Waals surface area contributed by atoms with E-state index in [1.54, 1.807) is 0 Å². The summed E-state index contributed by atoms with van der Waals surface area (Å²) in [6.07, 6.45) is 2.53. The maximum absolute atomic E-state index is 11.4. The van der Waals surface area contributed by atoms with Crippen molar-refractivity contribution < 1.29 is 4.39 Å². The number of hydrogen-bond acceptors (Lipinski definition) is 0. The van der Waals surface area contributed by atoms with Crippen LogP contribution in [0.5, 0.6) is 0 Å². The minimum Gasteiger partial charge on any atom is -0.215 e. The standard InChI is InChI=1S/C10H13F/c1-9(2)8-10(3)6-4-5-7-11/h5,7,10H,1,8H2,2-3H3/b7-5+. The molecule has 0 fully saturated rings. The quantitative estimate of drug-likeness (QED) is 0.421. The second kappa shape index (κ2) is 5.73. The third kappa shape index (κ3) is 6.86. The second-order valence-electron chi connectivity index (χ2n) is 2.64. The van der Waals surface area contributed by atoms with Gasteiger partial charge in [0.1, 0.15) is 0 Å². The van der Waals surface area contributed by atoms with Gasteiger partial charge in [0.15, 0.2) is 0 Å². The first-order valence-electron chi connectivity index (χ1n) is 3.57. The van der Waals surface area contributed by atoms with Crippen molar-refractivity contribution in [2.75, 3.05) is 0 Å². The van der Waals surface area contributed by atoms with Gasteiger partial charge in [-0.2, -0.15) is 0 Å². The third-order valence-electron chi connectivity index (χ3n) is 1.13. The highest BCUT2D eigenvalue weighted by atomic mass is 19.1. The highest BCUT2D eigenvalue weighted by molar-refractivity contribution is 5.16. The van der Waals surface area contributed by atoms with E-state index in [1.165, 1.54) is 6.08 Å². The molecule has 1 heteroatoms. The molecule has 0 aromatic rings. The molecule has 0 aliphatic carbocycles. The Labute approximate surface area is 67.8 Å². The Morgan fingerprint density at radius 2 is 2.36 bits per heavy atom. The van der Waals surface area contributed by atoms with Crippen LogP contribution >= 0.6 is 0 Å². The van der Waals surface area contributed by atoms with E-state index in [9.17, 15) is 4.39 Å². The zero-order chi connectivity index (χ0) is 8.69.